The lowest BCUT2D eigenvalue weighted by Crippen LogP contribution is -2.32. The molecule has 0 bridgehead atoms. The Morgan fingerprint density at radius 1 is 1.05 bits per heavy atom. The Labute approximate surface area is 243 Å². The Bertz CT molecular complexity index is 2060. The lowest BCUT2D eigenvalue weighted by molar-refractivity contribution is -0.157. The fourth-order valence-electron chi connectivity index (χ4n) is 7.00. The van der Waals surface area contributed by atoms with Gasteiger partial charge in [-0.15, -0.1) is 0 Å². The van der Waals surface area contributed by atoms with E-state index in [1.165, 1.54) is 11.0 Å². The van der Waals surface area contributed by atoms with Crippen LogP contribution in [0.4, 0.5) is 4.39 Å². The molecule has 0 fully saturated rings. The molecule has 1 aliphatic carbocycles. The summed E-state index contributed by atoms with van der Waals surface area (Å²) in [4.78, 5) is 57.5. The second-order valence-corrected chi connectivity index (χ2v) is 11.4. The maximum Gasteiger partial charge on any atom is 0.340 e. The highest BCUT2D eigenvalue weighted by atomic mass is 19.1. The van der Waals surface area contributed by atoms with E-state index in [-0.39, 0.29) is 54.0 Å². The van der Waals surface area contributed by atoms with Crippen LogP contribution in [0.5, 0.6) is 0 Å². The second-order valence-electron chi connectivity index (χ2n) is 11.4. The Kier molecular flexibility index (Phi) is 5.40. The van der Waals surface area contributed by atoms with Gasteiger partial charge in [0.15, 0.2) is 6.10 Å². The number of aryl methyl sites for hydroxylation is 1. The molecule has 3 aliphatic heterocycles. The molecule has 10 heteroatoms. The molecule has 1 N–H and O–H groups in total. The summed E-state index contributed by atoms with van der Waals surface area (Å²) in [6.07, 6.45) is 2.07. The van der Waals surface area contributed by atoms with Crippen LogP contribution in [0.15, 0.2) is 47.3 Å². The molecular weight excluding hydrogens is 553 g/mol. The molecule has 1 atom stereocenters. The highest BCUT2D eigenvalue weighted by Gasteiger charge is 2.37. The molecule has 1 unspecified atom stereocenters. The minimum Gasteiger partial charge on any atom is -0.458 e. The SMILES string of the molecule is Cc1c(F)cc2nc3c(c4c2c1CC/C4=C\CCN1C(=O)c2ccccc2C1=O)Cn1c-3cc2c(c1=O)COC(=O)C2O. The van der Waals surface area contributed by atoms with Gasteiger partial charge in [0.25, 0.3) is 17.4 Å². The van der Waals surface area contributed by atoms with Crippen molar-refractivity contribution in [2.45, 2.75) is 45.4 Å². The van der Waals surface area contributed by atoms with Gasteiger partial charge in [0.1, 0.15) is 12.4 Å². The summed E-state index contributed by atoms with van der Waals surface area (Å²) in [7, 11) is 0. The van der Waals surface area contributed by atoms with E-state index in [2.05, 4.69) is 0 Å². The van der Waals surface area contributed by atoms with Crippen LogP contribution in [0.3, 0.4) is 0 Å². The van der Waals surface area contributed by atoms with Gasteiger partial charge in [-0.3, -0.25) is 19.3 Å². The van der Waals surface area contributed by atoms with Crippen molar-refractivity contribution in [2.75, 3.05) is 6.54 Å². The van der Waals surface area contributed by atoms with Crippen LogP contribution in [0.1, 0.15) is 73.0 Å². The minimum atomic E-state index is -1.57. The number of carbonyl (C=O) groups excluding carboxylic acids is 3. The number of amides is 2. The number of fused-ring (bicyclic) bond motifs is 6. The summed E-state index contributed by atoms with van der Waals surface area (Å²) in [6, 6.07) is 9.80. The highest BCUT2D eigenvalue weighted by molar-refractivity contribution is 6.21. The van der Waals surface area contributed by atoms with Crippen molar-refractivity contribution < 1.29 is 28.6 Å². The number of hydrogen-bond acceptors (Lipinski definition) is 7. The molecule has 4 aliphatic rings. The molecule has 0 saturated heterocycles. The van der Waals surface area contributed by atoms with Crippen LogP contribution in [-0.2, 0) is 29.1 Å². The summed E-state index contributed by atoms with van der Waals surface area (Å²) in [6.45, 7) is 1.95. The van der Waals surface area contributed by atoms with Crippen LogP contribution >= 0.6 is 0 Å². The molecule has 8 rings (SSSR count). The van der Waals surface area contributed by atoms with Crippen LogP contribution in [-0.4, -0.2) is 43.9 Å². The summed E-state index contributed by atoms with van der Waals surface area (Å²) in [5.74, 6) is -1.80. The van der Waals surface area contributed by atoms with E-state index in [0.717, 1.165) is 27.6 Å². The molecule has 0 spiro atoms. The monoisotopic (exact) mass is 577 g/mol. The quantitative estimate of drug-likeness (QED) is 0.255. The molecule has 9 nitrogen and oxygen atoms in total. The standard InChI is InChI=1S/C33H24FN3O6/c1-15-17-9-8-16(5-4-10-36-30(39)18-6-2-3-7-19(18)31(36)40)26-21-13-37-25(28(21)35-24(27(17)26)12-23(15)34)11-20-22(32(37)41)14-43-33(42)29(20)38/h2-3,5-7,11-12,29,38H,4,8-10,13-14H2,1H3/b16-5+. The number of aliphatic hydroxyl groups excluding tert-OH is 1. The number of rotatable bonds is 3. The number of pyridine rings is 2. The van der Waals surface area contributed by atoms with Crippen molar-refractivity contribution in [1.82, 2.24) is 14.5 Å². The molecule has 4 aromatic rings. The van der Waals surface area contributed by atoms with Gasteiger partial charge in [-0.2, -0.15) is 0 Å². The molecule has 0 saturated carbocycles. The minimum absolute atomic E-state index is 0.198. The third-order valence-electron chi connectivity index (χ3n) is 9.16. The Morgan fingerprint density at radius 3 is 2.53 bits per heavy atom. The average molecular weight is 578 g/mol. The van der Waals surface area contributed by atoms with Gasteiger partial charge < -0.3 is 14.4 Å². The van der Waals surface area contributed by atoms with Gasteiger partial charge in [-0.05, 0) is 66.6 Å². The number of cyclic esters (lactones) is 1. The second kappa shape index (κ2) is 9.02. The summed E-state index contributed by atoms with van der Waals surface area (Å²) in [5.41, 5.74) is 6.33. The number of nitrogens with zero attached hydrogens (tertiary/aromatic N) is 3. The van der Waals surface area contributed by atoms with E-state index in [9.17, 15) is 24.3 Å². The predicted octanol–water partition coefficient (Wildman–Crippen LogP) is 3.98. The zero-order chi connectivity index (χ0) is 29.7. The molecule has 2 aromatic heterocycles. The normalized spacial score (nSPS) is 19.0. The fraction of sp³-hybridized carbons (Fsp3) is 0.242. The van der Waals surface area contributed by atoms with Gasteiger partial charge in [-0.1, -0.05) is 18.2 Å². The molecule has 2 aromatic carbocycles. The smallest absolute Gasteiger partial charge is 0.340 e. The maximum atomic E-state index is 15.1. The lowest BCUT2D eigenvalue weighted by Gasteiger charge is -2.25. The summed E-state index contributed by atoms with van der Waals surface area (Å²) in [5, 5.41) is 11.3. The van der Waals surface area contributed by atoms with Crippen LogP contribution < -0.4 is 5.56 Å². The van der Waals surface area contributed by atoms with Gasteiger partial charge in [0, 0.05) is 29.1 Å². The molecular formula is C33H24FN3O6. The molecule has 214 valence electrons. The maximum absolute atomic E-state index is 15.1. The first-order valence-corrected chi connectivity index (χ1v) is 14.2. The van der Waals surface area contributed by atoms with Gasteiger partial charge >= 0.3 is 5.97 Å². The van der Waals surface area contributed by atoms with E-state index < -0.39 is 12.1 Å². The molecule has 0 radical (unpaired) electrons. The van der Waals surface area contributed by atoms with Gasteiger partial charge in [-0.25, -0.2) is 14.2 Å². The Morgan fingerprint density at radius 2 is 1.79 bits per heavy atom. The van der Waals surface area contributed by atoms with Crippen molar-refractivity contribution in [3.63, 3.8) is 0 Å². The predicted molar refractivity (Wildman–Crippen MR) is 153 cm³/mol. The number of carbonyl (C=O) groups is 3. The van der Waals surface area contributed by atoms with E-state index in [4.69, 9.17) is 9.72 Å². The zero-order valence-electron chi connectivity index (χ0n) is 23.1. The van der Waals surface area contributed by atoms with Gasteiger partial charge in [0.2, 0.25) is 0 Å². The number of ether oxygens (including phenoxy) is 1. The van der Waals surface area contributed by atoms with E-state index in [0.29, 0.717) is 52.9 Å². The van der Waals surface area contributed by atoms with Gasteiger partial charge in [0.05, 0.1) is 40.1 Å². The van der Waals surface area contributed by atoms with Crippen molar-refractivity contribution in [2.24, 2.45) is 0 Å². The fourth-order valence-corrected chi connectivity index (χ4v) is 7.00. The zero-order valence-corrected chi connectivity index (χ0v) is 23.1. The van der Waals surface area contributed by atoms with Crippen LogP contribution in [0.2, 0.25) is 0 Å². The lowest BCUT2D eigenvalue weighted by atomic mass is 9.81. The molecule has 2 amide bonds. The number of aromatic nitrogens is 2. The van der Waals surface area contributed by atoms with Crippen molar-refractivity contribution >= 4 is 34.3 Å². The number of benzene rings is 2. The number of aliphatic hydroxyl groups is 1. The van der Waals surface area contributed by atoms with E-state index in [1.54, 1.807) is 41.8 Å². The summed E-state index contributed by atoms with van der Waals surface area (Å²) < 4.78 is 21.7. The average Bonchev–Trinajstić information content (AvgIpc) is 3.49. The number of allylic oxidation sites excluding steroid dienone is 1. The summed E-state index contributed by atoms with van der Waals surface area (Å²) >= 11 is 0. The van der Waals surface area contributed by atoms with Crippen molar-refractivity contribution in [3.8, 4) is 11.4 Å². The third-order valence-corrected chi connectivity index (χ3v) is 9.16. The molecule has 43 heavy (non-hydrogen) atoms. The Hall–Kier alpha value is -4.96. The number of imide groups is 1. The van der Waals surface area contributed by atoms with Crippen molar-refractivity contribution in [1.29, 1.82) is 0 Å². The van der Waals surface area contributed by atoms with Crippen molar-refractivity contribution in [3.05, 3.63) is 103 Å². The van der Waals surface area contributed by atoms with Crippen LogP contribution in [0.25, 0.3) is 27.9 Å². The first kappa shape index (κ1) is 25.7. The largest absolute Gasteiger partial charge is 0.458 e. The Balaban J connectivity index is 1.25. The first-order valence-electron chi connectivity index (χ1n) is 14.2. The number of halogens is 1. The number of hydrogen-bond donors (Lipinski definition) is 1. The highest BCUT2D eigenvalue weighted by Crippen LogP contribution is 2.45. The third kappa shape index (κ3) is 3.50. The molecule has 5 heterocycles. The van der Waals surface area contributed by atoms with E-state index >= 15 is 4.39 Å². The number of esters is 1. The first-order chi connectivity index (χ1) is 20.7. The van der Waals surface area contributed by atoms with Crippen LogP contribution in [0, 0.1) is 12.7 Å². The topological polar surface area (TPSA) is 119 Å². The van der Waals surface area contributed by atoms with E-state index in [1.807, 2.05) is 6.08 Å².